The molecule has 0 amide bonds. The van der Waals surface area contributed by atoms with Crippen molar-refractivity contribution in [2.45, 2.75) is 30.7 Å². The molecule has 2 aromatic carbocycles. The number of aliphatic hydroxyl groups is 4. The van der Waals surface area contributed by atoms with Gasteiger partial charge in [0.25, 0.3) is 0 Å². The first-order valence-electron chi connectivity index (χ1n) is 10.3. The van der Waals surface area contributed by atoms with Gasteiger partial charge in [0.1, 0.15) is 46.9 Å². The molecule has 0 unspecified atom stereocenters. The third kappa shape index (κ3) is 5.12. The smallest absolute Gasteiger partial charge is 0.446 e. The molecule has 5 atom stereocenters. The summed E-state index contributed by atoms with van der Waals surface area (Å²) in [6.45, 7) is -0.807. The normalized spacial score (nSPS) is 24.2. The minimum atomic E-state index is -5.09. The maximum Gasteiger partial charge on any atom is 0.446 e. The molecule has 0 bridgehead atoms. The summed E-state index contributed by atoms with van der Waals surface area (Å²) in [6.07, 6.45) is -8.85. The molecular formula is C21H20O15S. The minimum absolute atomic E-state index is 0.210. The topological polar surface area (TPSA) is 254 Å². The molecule has 8 N–H and O–H groups in total. The molecule has 0 spiro atoms. The highest BCUT2D eigenvalue weighted by atomic mass is 32.3. The van der Waals surface area contributed by atoms with Crippen molar-refractivity contribution in [2.24, 2.45) is 0 Å². The Bertz CT molecular complexity index is 1500. The SMILES string of the molecule is O=c1c(O[C@@H]2O[C@H](CO)[C@@H](O)[C@H](O)[C@H]2O)c(-c2ccc(O)c(OS(=O)(=O)O)c2)oc2cc(O)cc(O)c12. The molecule has 0 saturated carbocycles. The molecule has 1 aliphatic rings. The fourth-order valence-electron chi connectivity index (χ4n) is 3.68. The number of aromatic hydroxyl groups is 3. The highest BCUT2D eigenvalue weighted by molar-refractivity contribution is 7.81. The van der Waals surface area contributed by atoms with E-state index in [0.717, 1.165) is 30.3 Å². The van der Waals surface area contributed by atoms with E-state index in [1.165, 1.54) is 0 Å². The first kappa shape index (κ1) is 26.4. The lowest BCUT2D eigenvalue weighted by Crippen LogP contribution is -2.60. The van der Waals surface area contributed by atoms with E-state index in [1.54, 1.807) is 0 Å². The molecule has 15 nitrogen and oxygen atoms in total. The van der Waals surface area contributed by atoms with Gasteiger partial charge in [0, 0.05) is 17.7 Å². The zero-order chi connectivity index (χ0) is 27.2. The van der Waals surface area contributed by atoms with Crippen molar-refractivity contribution in [1.82, 2.24) is 0 Å². The number of hydrogen-bond acceptors (Lipinski definition) is 14. The molecule has 0 radical (unpaired) electrons. The summed E-state index contributed by atoms with van der Waals surface area (Å²) in [4.78, 5) is 13.4. The molecule has 2 heterocycles. The first-order valence-corrected chi connectivity index (χ1v) is 11.7. The van der Waals surface area contributed by atoms with Crippen LogP contribution in [-0.4, -0.2) is 86.0 Å². The number of hydrogen-bond donors (Lipinski definition) is 8. The number of phenols is 3. The standard InChI is InChI=1S/C21H20O15S/c22-6-13-15(26)17(28)18(29)21(34-13)35-20-16(27)14-10(25)4-8(23)5-12(14)33-19(20)7-1-2-9(24)11(3-7)36-37(30,31)32/h1-5,13,15,17-18,21-26,28-29H,6H2,(H,30,31,32)/t13-,15-,17+,18-,21+/m1/s1. The Morgan fingerprint density at radius 1 is 0.946 bits per heavy atom. The van der Waals surface area contributed by atoms with Gasteiger partial charge in [-0.2, -0.15) is 8.42 Å². The molecule has 1 aromatic heterocycles. The molecule has 1 fully saturated rings. The monoisotopic (exact) mass is 544 g/mol. The average Bonchev–Trinajstić information content (AvgIpc) is 2.80. The average molecular weight is 544 g/mol. The lowest BCUT2D eigenvalue weighted by Gasteiger charge is -2.39. The number of aliphatic hydroxyl groups excluding tert-OH is 4. The molecule has 37 heavy (non-hydrogen) atoms. The van der Waals surface area contributed by atoms with Crippen LogP contribution in [0.1, 0.15) is 0 Å². The highest BCUT2D eigenvalue weighted by Gasteiger charge is 2.45. The van der Waals surface area contributed by atoms with Gasteiger partial charge >= 0.3 is 10.4 Å². The van der Waals surface area contributed by atoms with Gasteiger partial charge in [-0.1, -0.05) is 0 Å². The van der Waals surface area contributed by atoms with Crippen molar-refractivity contribution in [3.05, 3.63) is 40.6 Å². The predicted molar refractivity (Wildman–Crippen MR) is 119 cm³/mol. The van der Waals surface area contributed by atoms with Crippen LogP contribution in [0.25, 0.3) is 22.3 Å². The van der Waals surface area contributed by atoms with Crippen LogP contribution < -0.4 is 14.3 Å². The van der Waals surface area contributed by atoms with Crippen LogP contribution in [0.5, 0.6) is 28.7 Å². The second-order valence-corrected chi connectivity index (χ2v) is 8.96. The molecule has 16 heteroatoms. The fraction of sp³-hybridized carbons (Fsp3) is 0.286. The summed E-state index contributed by atoms with van der Waals surface area (Å²) in [5.41, 5.74) is -1.67. The van der Waals surface area contributed by atoms with Gasteiger partial charge in [-0.15, -0.1) is 0 Å². The number of fused-ring (bicyclic) bond motifs is 1. The predicted octanol–water partition coefficient (Wildman–Crippen LogP) is -1.06. The van der Waals surface area contributed by atoms with Gasteiger partial charge in [-0.3, -0.25) is 9.35 Å². The molecule has 200 valence electrons. The Balaban J connectivity index is 1.92. The zero-order valence-electron chi connectivity index (χ0n) is 18.3. The largest absolute Gasteiger partial charge is 0.508 e. The molecule has 1 aliphatic heterocycles. The number of phenolic OH excluding ortho intramolecular Hbond substituents is 3. The zero-order valence-corrected chi connectivity index (χ0v) is 19.1. The minimum Gasteiger partial charge on any atom is -0.508 e. The number of rotatable bonds is 6. The van der Waals surface area contributed by atoms with Crippen molar-refractivity contribution in [3.8, 4) is 40.1 Å². The third-order valence-corrected chi connectivity index (χ3v) is 5.81. The van der Waals surface area contributed by atoms with E-state index in [4.69, 9.17) is 18.4 Å². The van der Waals surface area contributed by atoms with E-state index in [1.807, 2.05) is 0 Å². The summed E-state index contributed by atoms with van der Waals surface area (Å²) in [5.74, 6) is -4.06. The highest BCUT2D eigenvalue weighted by Crippen LogP contribution is 2.40. The molecule has 1 saturated heterocycles. The maximum absolute atomic E-state index is 13.4. The van der Waals surface area contributed by atoms with Crippen molar-refractivity contribution < 1.29 is 66.8 Å². The second kappa shape index (κ2) is 9.67. The van der Waals surface area contributed by atoms with Crippen molar-refractivity contribution in [1.29, 1.82) is 0 Å². The van der Waals surface area contributed by atoms with Gasteiger partial charge in [-0.05, 0) is 18.2 Å². The Morgan fingerprint density at radius 2 is 1.65 bits per heavy atom. The van der Waals surface area contributed by atoms with Crippen molar-refractivity contribution >= 4 is 21.4 Å². The lowest BCUT2D eigenvalue weighted by molar-refractivity contribution is -0.277. The van der Waals surface area contributed by atoms with E-state index >= 15 is 0 Å². The molecule has 3 aromatic rings. The Morgan fingerprint density at radius 3 is 2.30 bits per heavy atom. The summed E-state index contributed by atoms with van der Waals surface area (Å²) < 4.78 is 51.9. The molecular weight excluding hydrogens is 524 g/mol. The van der Waals surface area contributed by atoms with E-state index < -0.39 is 93.0 Å². The Labute approximate surface area is 206 Å². The van der Waals surface area contributed by atoms with E-state index in [2.05, 4.69) is 4.18 Å². The molecule has 0 aliphatic carbocycles. The number of ether oxygens (including phenoxy) is 2. The van der Waals surface area contributed by atoms with Gasteiger partial charge in [-0.25, -0.2) is 0 Å². The van der Waals surface area contributed by atoms with Gasteiger partial charge in [0.15, 0.2) is 17.3 Å². The summed E-state index contributed by atoms with van der Waals surface area (Å²) in [6, 6.07) is 4.65. The van der Waals surface area contributed by atoms with Crippen LogP contribution in [0, 0.1) is 0 Å². The summed E-state index contributed by atoms with van der Waals surface area (Å²) in [7, 11) is -5.09. The van der Waals surface area contributed by atoms with Crippen LogP contribution >= 0.6 is 0 Å². The first-order chi connectivity index (χ1) is 17.3. The fourth-order valence-corrected chi connectivity index (χ4v) is 4.04. The second-order valence-electron chi connectivity index (χ2n) is 7.94. The summed E-state index contributed by atoms with van der Waals surface area (Å²) >= 11 is 0. The Kier molecular flexibility index (Phi) is 6.91. The van der Waals surface area contributed by atoms with E-state index in [9.17, 15) is 49.0 Å². The van der Waals surface area contributed by atoms with Crippen LogP contribution in [0.15, 0.2) is 39.5 Å². The van der Waals surface area contributed by atoms with Crippen LogP contribution in [0.2, 0.25) is 0 Å². The van der Waals surface area contributed by atoms with Crippen molar-refractivity contribution in [2.75, 3.05) is 6.61 Å². The lowest BCUT2D eigenvalue weighted by atomic mass is 9.99. The van der Waals surface area contributed by atoms with Gasteiger partial charge < -0.3 is 53.8 Å². The third-order valence-electron chi connectivity index (χ3n) is 5.42. The Hall–Kier alpha value is -3.64. The van der Waals surface area contributed by atoms with Crippen molar-refractivity contribution in [3.63, 3.8) is 0 Å². The van der Waals surface area contributed by atoms with E-state index in [0.29, 0.717) is 0 Å². The maximum atomic E-state index is 13.4. The number of benzene rings is 2. The van der Waals surface area contributed by atoms with Gasteiger partial charge in [0.05, 0.1) is 6.61 Å². The van der Waals surface area contributed by atoms with Crippen LogP contribution in [0.3, 0.4) is 0 Å². The van der Waals surface area contributed by atoms with Crippen LogP contribution in [-0.2, 0) is 15.1 Å². The quantitative estimate of drug-likeness (QED) is 0.172. The van der Waals surface area contributed by atoms with E-state index in [-0.39, 0.29) is 11.1 Å². The van der Waals surface area contributed by atoms with Gasteiger partial charge in [0.2, 0.25) is 17.5 Å². The summed E-state index contributed by atoms with van der Waals surface area (Å²) in [5, 5.41) is 69.3. The molecule has 4 rings (SSSR count). The van der Waals surface area contributed by atoms with Crippen LogP contribution in [0.4, 0.5) is 0 Å².